The number of hydrazone groups is 1. The van der Waals surface area contributed by atoms with Crippen molar-refractivity contribution >= 4 is 29.6 Å². The van der Waals surface area contributed by atoms with Crippen molar-refractivity contribution in [1.29, 1.82) is 0 Å². The van der Waals surface area contributed by atoms with E-state index in [0.717, 1.165) is 0 Å². The molecule has 0 atom stereocenters. The Bertz CT molecular complexity index is 600. The summed E-state index contributed by atoms with van der Waals surface area (Å²) in [7, 11) is 0. The Morgan fingerprint density at radius 2 is 2.05 bits per heavy atom. The fraction of sp³-hybridized carbons (Fsp3) is 0.133. The quantitative estimate of drug-likeness (QED) is 0.347. The van der Waals surface area contributed by atoms with Crippen LogP contribution in [-0.2, 0) is 9.59 Å². The van der Waals surface area contributed by atoms with E-state index < -0.39 is 11.8 Å². The number of nitrogens with zero attached hydrogens (tertiary/aromatic N) is 1. The van der Waals surface area contributed by atoms with Gasteiger partial charge in [0.2, 0.25) is 0 Å². The first-order valence-corrected chi connectivity index (χ1v) is 6.71. The molecule has 116 valence electrons. The fourth-order valence-corrected chi connectivity index (χ4v) is 1.54. The lowest BCUT2D eigenvalue weighted by molar-refractivity contribution is -0.139. The number of rotatable bonds is 7. The Labute approximate surface area is 133 Å². The summed E-state index contributed by atoms with van der Waals surface area (Å²) in [6.45, 7) is 7.50. The topological polar surface area (TPSA) is 79.8 Å². The number of halogens is 1. The molecule has 1 aromatic rings. The summed E-state index contributed by atoms with van der Waals surface area (Å²) in [6, 6.07) is 4.96. The molecule has 0 aliphatic heterocycles. The number of carbonyl (C=O) groups excluding carboxylic acids is 2. The Balaban J connectivity index is 2.70. The minimum absolute atomic E-state index is 0.198. The maximum Gasteiger partial charge on any atom is 0.329 e. The summed E-state index contributed by atoms with van der Waals surface area (Å²) in [6.07, 6.45) is 4.40. The predicted octanol–water partition coefficient (Wildman–Crippen LogP) is 1.66. The molecule has 0 saturated carbocycles. The molecular weight excluding hydrogens is 306 g/mol. The minimum atomic E-state index is -0.881. The lowest BCUT2D eigenvalue weighted by Crippen LogP contribution is -2.37. The van der Waals surface area contributed by atoms with Crippen LogP contribution in [0.5, 0.6) is 5.75 Å². The SMILES string of the molecule is C=CCNC(=O)C(=O)N/N=C\c1cc(Cl)ccc1OCC=C. The van der Waals surface area contributed by atoms with E-state index >= 15 is 0 Å². The predicted molar refractivity (Wildman–Crippen MR) is 86.1 cm³/mol. The van der Waals surface area contributed by atoms with Crippen LogP contribution in [0.15, 0.2) is 48.6 Å². The van der Waals surface area contributed by atoms with Crippen LogP contribution in [0.1, 0.15) is 5.56 Å². The first-order chi connectivity index (χ1) is 10.6. The van der Waals surface area contributed by atoms with E-state index in [1.165, 1.54) is 12.3 Å². The van der Waals surface area contributed by atoms with Gasteiger partial charge in [0.05, 0.1) is 6.21 Å². The summed E-state index contributed by atoms with van der Waals surface area (Å²) in [5.41, 5.74) is 2.66. The van der Waals surface area contributed by atoms with Crippen LogP contribution in [0, 0.1) is 0 Å². The molecule has 0 aliphatic rings. The number of ether oxygens (including phenoxy) is 1. The second-order valence-electron chi connectivity index (χ2n) is 3.98. The van der Waals surface area contributed by atoms with Crippen molar-refractivity contribution in [3.8, 4) is 5.75 Å². The summed E-state index contributed by atoms with van der Waals surface area (Å²) in [4.78, 5) is 22.7. The van der Waals surface area contributed by atoms with Crippen LogP contribution >= 0.6 is 11.6 Å². The molecule has 2 N–H and O–H groups in total. The molecule has 1 rings (SSSR count). The van der Waals surface area contributed by atoms with Gasteiger partial charge in [0.15, 0.2) is 0 Å². The molecule has 0 heterocycles. The zero-order chi connectivity index (χ0) is 16.4. The highest BCUT2D eigenvalue weighted by Gasteiger charge is 2.10. The van der Waals surface area contributed by atoms with Gasteiger partial charge in [0, 0.05) is 17.1 Å². The number of carbonyl (C=O) groups is 2. The molecule has 0 fully saturated rings. The number of amides is 2. The molecule has 0 aromatic heterocycles. The summed E-state index contributed by atoms with van der Waals surface area (Å²) < 4.78 is 5.43. The average molecular weight is 322 g/mol. The molecule has 22 heavy (non-hydrogen) atoms. The Morgan fingerprint density at radius 1 is 1.27 bits per heavy atom. The highest BCUT2D eigenvalue weighted by molar-refractivity contribution is 6.35. The van der Waals surface area contributed by atoms with E-state index in [1.54, 1.807) is 24.3 Å². The van der Waals surface area contributed by atoms with Gasteiger partial charge in [-0.2, -0.15) is 5.10 Å². The fourth-order valence-electron chi connectivity index (χ4n) is 1.36. The van der Waals surface area contributed by atoms with Gasteiger partial charge in [-0.15, -0.1) is 6.58 Å². The number of benzene rings is 1. The van der Waals surface area contributed by atoms with Gasteiger partial charge in [0.25, 0.3) is 0 Å². The highest BCUT2D eigenvalue weighted by atomic mass is 35.5. The van der Waals surface area contributed by atoms with Crippen molar-refractivity contribution in [3.63, 3.8) is 0 Å². The second kappa shape index (κ2) is 9.36. The minimum Gasteiger partial charge on any atom is -0.489 e. The molecule has 0 unspecified atom stereocenters. The van der Waals surface area contributed by atoms with Gasteiger partial charge >= 0.3 is 11.8 Å². The molecule has 2 amide bonds. The van der Waals surface area contributed by atoms with Crippen LogP contribution in [0.25, 0.3) is 0 Å². The van der Waals surface area contributed by atoms with Crippen LogP contribution < -0.4 is 15.5 Å². The van der Waals surface area contributed by atoms with Crippen LogP contribution in [0.4, 0.5) is 0 Å². The monoisotopic (exact) mass is 321 g/mol. The van der Waals surface area contributed by atoms with E-state index in [4.69, 9.17) is 16.3 Å². The van der Waals surface area contributed by atoms with Crippen molar-refractivity contribution in [3.05, 3.63) is 54.1 Å². The van der Waals surface area contributed by atoms with Gasteiger partial charge in [-0.05, 0) is 18.2 Å². The van der Waals surface area contributed by atoms with Crippen molar-refractivity contribution < 1.29 is 14.3 Å². The summed E-state index contributed by atoms with van der Waals surface area (Å²) >= 11 is 5.90. The average Bonchev–Trinajstić information content (AvgIpc) is 2.51. The molecule has 0 bridgehead atoms. The summed E-state index contributed by atoms with van der Waals surface area (Å²) in [5.74, 6) is -1.15. The molecule has 0 saturated heterocycles. The van der Waals surface area contributed by atoms with Crippen LogP contribution in [0.2, 0.25) is 5.02 Å². The lowest BCUT2D eigenvalue weighted by Gasteiger charge is -2.07. The zero-order valence-electron chi connectivity index (χ0n) is 11.8. The zero-order valence-corrected chi connectivity index (χ0v) is 12.6. The van der Waals surface area contributed by atoms with Gasteiger partial charge < -0.3 is 10.1 Å². The third kappa shape index (κ3) is 5.80. The van der Waals surface area contributed by atoms with Crippen molar-refractivity contribution in [2.45, 2.75) is 0 Å². The van der Waals surface area contributed by atoms with Gasteiger partial charge in [-0.1, -0.05) is 30.3 Å². The van der Waals surface area contributed by atoms with Crippen LogP contribution in [0.3, 0.4) is 0 Å². The Hall–Kier alpha value is -2.60. The Kier molecular flexibility index (Phi) is 7.42. The lowest BCUT2D eigenvalue weighted by atomic mass is 10.2. The number of hydrogen-bond donors (Lipinski definition) is 2. The second-order valence-corrected chi connectivity index (χ2v) is 4.42. The Morgan fingerprint density at radius 3 is 2.73 bits per heavy atom. The molecule has 0 radical (unpaired) electrons. The first-order valence-electron chi connectivity index (χ1n) is 6.34. The number of hydrogen-bond acceptors (Lipinski definition) is 4. The molecule has 1 aromatic carbocycles. The standard InChI is InChI=1S/C15H16ClN3O3/c1-3-7-17-14(20)15(21)19-18-10-11-9-12(16)5-6-13(11)22-8-4-2/h3-6,9-10H,1-2,7-8H2,(H,17,20)(H,19,21)/b18-10-. The largest absolute Gasteiger partial charge is 0.489 e. The van der Waals surface area contributed by atoms with E-state index in [-0.39, 0.29) is 6.54 Å². The first kappa shape index (κ1) is 17.5. The molecule has 0 aliphatic carbocycles. The van der Waals surface area contributed by atoms with Gasteiger partial charge in [-0.3, -0.25) is 9.59 Å². The van der Waals surface area contributed by atoms with E-state index in [1.807, 2.05) is 0 Å². The smallest absolute Gasteiger partial charge is 0.329 e. The van der Waals surface area contributed by atoms with Crippen molar-refractivity contribution in [2.75, 3.05) is 13.2 Å². The van der Waals surface area contributed by atoms with E-state index in [9.17, 15) is 9.59 Å². The van der Waals surface area contributed by atoms with E-state index in [2.05, 4.69) is 29.0 Å². The third-order valence-electron chi connectivity index (χ3n) is 2.31. The number of nitrogens with one attached hydrogen (secondary N) is 2. The van der Waals surface area contributed by atoms with Gasteiger partial charge in [-0.25, -0.2) is 5.43 Å². The van der Waals surface area contributed by atoms with Crippen molar-refractivity contribution in [1.82, 2.24) is 10.7 Å². The summed E-state index contributed by atoms with van der Waals surface area (Å²) in [5, 5.41) is 6.52. The highest BCUT2D eigenvalue weighted by Crippen LogP contribution is 2.21. The molecule has 0 spiro atoms. The van der Waals surface area contributed by atoms with Crippen LogP contribution in [-0.4, -0.2) is 31.2 Å². The maximum absolute atomic E-state index is 11.4. The normalized spacial score (nSPS) is 10.0. The molecule has 6 nitrogen and oxygen atoms in total. The van der Waals surface area contributed by atoms with Crippen molar-refractivity contribution in [2.24, 2.45) is 5.10 Å². The molecular formula is C15H16ClN3O3. The van der Waals surface area contributed by atoms with Gasteiger partial charge in [0.1, 0.15) is 12.4 Å². The molecule has 7 heteroatoms. The maximum atomic E-state index is 11.4. The third-order valence-corrected chi connectivity index (χ3v) is 2.55. The van der Waals surface area contributed by atoms with E-state index in [0.29, 0.717) is 22.9 Å².